The van der Waals surface area contributed by atoms with E-state index < -0.39 is 12.1 Å². The van der Waals surface area contributed by atoms with Crippen LogP contribution >= 0.6 is 11.6 Å². The zero-order valence-electron chi connectivity index (χ0n) is 12.8. The molecule has 1 amide bonds. The second-order valence-corrected chi connectivity index (χ2v) is 5.48. The monoisotopic (exact) mass is 331 g/mol. The van der Waals surface area contributed by atoms with E-state index in [4.69, 9.17) is 16.3 Å². The fourth-order valence-electron chi connectivity index (χ4n) is 2.04. The minimum atomic E-state index is -0.810. The topological polar surface area (TPSA) is 55.4 Å². The van der Waals surface area contributed by atoms with E-state index in [1.165, 1.54) is 0 Å². The van der Waals surface area contributed by atoms with Gasteiger partial charge in [-0.15, -0.1) is 0 Å². The average Bonchev–Trinajstić information content (AvgIpc) is 2.55. The smallest absolute Gasteiger partial charge is 0.311 e. The van der Waals surface area contributed by atoms with Gasteiger partial charge in [0.15, 0.2) is 6.10 Å². The predicted molar refractivity (Wildman–Crippen MR) is 90.4 cm³/mol. The van der Waals surface area contributed by atoms with Crippen molar-refractivity contribution in [2.75, 3.05) is 5.32 Å². The van der Waals surface area contributed by atoms with Gasteiger partial charge in [0, 0.05) is 10.7 Å². The van der Waals surface area contributed by atoms with Crippen molar-refractivity contribution in [3.05, 3.63) is 65.2 Å². The van der Waals surface area contributed by atoms with Gasteiger partial charge >= 0.3 is 5.97 Å². The minimum absolute atomic E-state index is 0.103. The van der Waals surface area contributed by atoms with Crippen molar-refractivity contribution >= 4 is 29.2 Å². The molecule has 0 saturated carbocycles. The Balaban J connectivity index is 1.91. The maximum Gasteiger partial charge on any atom is 0.311 e. The van der Waals surface area contributed by atoms with Crippen LogP contribution < -0.4 is 5.32 Å². The number of hydrogen-bond donors (Lipinski definition) is 1. The van der Waals surface area contributed by atoms with Crippen LogP contribution in [-0.2, 0) is 20.7 Å². The van der Waals surface area contributed by atoms with Crippen LogP contribution in [0.5, 0.6) is 0 Å². The molecule has 2 aromatic rings. The Labute approximate surface area is 140 Å². The number of para-hydroxylation sites is 1. The summed E-state index contributed by atoms with van der Waals surface area (Å²) in [6, 6.07) is 16.0. The summed E-state index contributed by atoms with van der Waals surface area (Å²) >= 11 is 5.80. The highest BCUT2D eigenvalue weighted by Crippen LogP contribution is 2.12. The van der Waals surface area contributed by atoms with Gasteiger partial charge in [-0.05, 0) is 36.2 Å². The number of halogens is 1. The first kappa shape index (κ1) is 17.0. The summed E-state index contributed by atoms with van der Waals surface area (Å²) in [6.45, 7) is 1.80. The van der Waals surface area contributed by atoms with Crippen molar-refractivity contribution < 1.29 is 14.3 Å². The lowest BCUT2D eigenvalue weighted by atomic mass is 10.1. The SMILES string of the molecule is CC[C@@H](OC(=O)Cc1ccc(Cl)cc1)C(=O)Nc1ccccc1. The Bertz CT molecular complexity index is 656. The van der Waals surface area contributed by atoms with E-state index in [1.54, 1.807) is 43.3 Å². The molecule has 2 rings (SSSR count). The number of amides is 1. The summed E-state index contributed by atoms with van der Waals surface area (Å²) in [5.41, 5.74) is 1.46. The molecule has 0 aliphatic carbocycles. The molecular weight excluding hydrogens is 314 g/mol. The van der Waals surface area contributed by atoms with Gasteiger partial charge < -0.3 is 10.1 Å². The first-order valence-electron chi connectivity index (χ1n) is 7.38. The zero-order chi connectivity index (χ0) is 16.7. The van der Waals surface area contributed by atoms with Crippen LogP contribution in [0.3, 0.4) is 0 Å². The summed E-state index contributed by atoms with van der Waals surface area (Å²) in [4.78, 5) is 24.2. The van der Waals surface area contributed by atoms with Crippen molar-refractivity contribution in [3.63, 3.8) is 0 Å². The third-order valence-corrected chi connectivity index (χ3v) is 3.49. The number of rotatable bonds is 6. The van der Waals surface area contributed by atoms with E-state index in [0.717, 1.165) is 5.56 Å². The van der Waals surface area contributed by atoms with E-state index in [9.17, 15) is 9.59 Å². The van der Waals surface area contributed by atoms with Crippen molar-refractivity contribution in [3.8, 4) is 0 Å². The van der Waals surface area contributed by atoms with E-state index >= 15 is 0 Å². The molecular formula is C18H18ClNO3. The summed E-state index contributed by atoms with van der Waals surface area (Å²) in [6.07, 6.45) is -0.299. The van der Waals surface area contributed by atoms with Gasteiger partial charge in [0.05, 0.1) is 6.42 Å². The molecule has 0 radical (unpaired) electrons. The molecule has 120 valence electrons. The third-order valence-electron chi connectivity index (χ3n) is 3.24. The van der Waals surface area contributed by atoms with Crippen LogP contribution in [-0.4, -0.2) is 18.0 Å². The molecule has 0 heterocycles. The summed E-state index contributed by atoms with van der Waals surface area (Å²) < 4.78 is 5.28. The second kappa shape index (κ2) is 8.34. The van der Waals surface area contributed by atoms with Gasteiger partial charge in [0.2, 0.25) is 0 Å². The van der Waals surface area contributed by atoms with Crippen LogP contribution in [0.25, 0.3) is 0 Å². The molecule has 4 nitrogen and oxygen atoms in total. The molecule has 5 heteroatoms. The highest BCUT2D eigenvalue weighted by Gasteiger charge is 2.21. The Morgan fingerprint density at radius 3 is 2.35 bits per heavy atom. The molecule has 23 heavy (non-hydrogen) atoms. The van der Waals surface area contributed by atoms with Gasteiger partial charge in [-0.1, -0.05) is 48.9 Å². The van der Waals surface area contributed by atoms with Crippen molar-refractivity contribution in [2.45, 2.75) is 25.9 Å². The van der Waals surface area contributed by atoms with Gasteiger partial charge in [0.25, 0.3) is 5.91 Å². The molecule has 0 aliphatic heterocycles. The summed E-state index contributed by atoms with van der Waals surface area (Å²) in [5.74, 6) is -0.773. The van der Waals surface area contributed by atoms with Gasteiger partial charge in [-0.2, -0.15) is 0 Å². The van der Waals surface area contributed by atoms with Gasteiger partial charge in [0.1, 0.15) is 0 Å². The molecule has 1 N–H and O–H groups in total. The highest BCUT2D eigenvalue weighted by molar-refractivity contribution is 6.30. The summed E-state index contributed by atoms with van der Waals surface area (Å²) in [5, 5.41) is 3.34. The highest BCUT2D eigenvalue weighted by atomic mass is 35.5. The van der Waals surface area contributed by atoms with E-state index in [1.807, 2.05) is 18.2 Å². The Kier molecular flexibility index (Phi) is 6.18. The lowest BCUT2D eigenvalue weighted by Gasteiger charge is -2.16. The van der Waals surface area contributed by atoms with E-state index in [2.05, 4.69) is 5.32 Å². The van der Waals surface area contributed by atoms with Crippen LogP contribution in [0.2, 0.25) is 5.02 Å². The van der Waals surface area contributed by atoms with Crippen LogP contribution in [0, 0.1) is 0 Å². The Morgan fingerprint density at radius 1 is 1.09 bits per heavy atom. The third kappa shape index (κ3) is 5.42. The molecule has 0 aromatic heterocycles. The fraction of sp³-hybridized carbons (Fsp3) is 0.222. The fourth-order valence-corrected chi connectivity index (χ4v) is 2.16. The average molecular weight is 332 g/mol. The normalized spacial score (nSPS) is 11.6. The van der Waals surface area contributed by atoms with Crippen molar-refractivity contribution in [1.82, 2.24) is 0 Å². The number of anilines is 1. The number of carbonyl (C=O) groups excluding carboxylic acids is 2. The number of nitrogens with one attached hydrogen (secondary N) is 1. The van der Waals surface area contributed by atoms with E-state index in [0.29, 0.717) is 17.1 Å². The maximum absolute atomic E-state index is 12.2. The van der Waals surface area contributed by atoms with Crippen LogP contribution in [0.1, 0.15) is 18.9 Å². The van der Waals surface area contributed by atoms with Crippen LogP contribution in [0.4, 0.5) is 5.69 Å². The molecule has 0 saturated heterocycles. The van der Waals surface area contributed by atoms with E-state index in [-0.39, 0.29) is 12.3 Å². The molecule has 2 aromatic carbocycles. The molecule has 0 unspecified atom stereocenters. The van der Waals surface area contributed by atoms with Gasteiger partial charge in [-0.3, -0.25) is 9.59 Å². The maximum atomic E-state index is 12.2. The quantitative estimate of drug-likeness (QED) is 0.818. The second-order valence-electron chi connectivity index (χ2n) is 5.05. The largest absolute Gasteiger partial charge is 0.452 e. The number of ether oxygens (including phenoxy) is 1. The lowest BCUT2D eigenvalue weighted by Crippen LogP contribution is -2.32. The molecule has 0 aliphatic rings. The van der Waals surface area contributed by atoms with Gasteiger partial charge in [-0.25, -0.2) is 0 Å². The molecule has 0 spiro atoms. The molecule has 1 atom stereocenters. The predicted octanol–water partition coefficient (Wildman–Crippen LogP) is 3.84. The van der Waals surface area contributed by atoms with Crippen molar-refractivity contribution in [2.24, 2.45) is 0 Å². The Morgan fingerprint density at radius 2 is 1.74 bits per heavy atom. The number of benzene rings is 2. The number of esters is 1. The first-order valence-corrected chi connectivity index (χ1v) is 7.76. The standard InChI is InChI=1S/C18H18ClNO3/c1-2-16(18(22)20-15-6-4-3-5-7-15)23-17(21)12-13-8-10-14(19)11-9-13/h3-11,16H,2,12H2,1H3,(H,20,22)/t16-/m1/s1. The number of carbonyl (C=O) groups is 2. The molecule has 0 fully saturated rings. The molecule has 0 bridgehead atoms. The summed E-state index contributed by atoms with van der Waals surface area (Å²) in [7, 11) is 0. The first-order chi connectivity index (χ1) is 11.1. The number of hydrogen-bond acceptors (Lipinski definition) is 3. The Hall–Kier alpha value is -2.33. The minimum Gasteiger partial charge on any atom is -0.452 e. The van der Waals surface area contributed by atoms with Crippen LogP contribution in [0.15, 0.2) is 54.6 Å². The zero-order valence-corrected chi connectivity index (χ0v) is 13.5. The van der Waals surface area contributed by atoms with Crippen molar-refractivity contribution in [1.29, 1.82) is 0 Å². The lowest BCUT2D eigenvalue weighted by molar-refractivity contribution is -0.153.